The van der Waals surface area contributed by atoms with Crippen molar-refractivity contribution in [3.05, 3.63) is 11.1 Å². The standard InChI is InChI=1S/C9H10ClNO2/c1-11-8(12)6-3-2-5(10)4-7(6)9(11)13/h2,6-7H,3-4H2,1H3/t6-,7-/m1/s1. The Balaban J connectivity index is 2.30. The lowest BCUT2D eigenvalue weighted by atomic mass is 9.85. The number of hydrogen-bond donors (Lipinski definition) is 0. The molecular weight excluding hydrogens is 190 g/mol. The molecule has 1 fully saturated rings. The highest BCUT2D eigenvalue weighted by Crippen LogP contribution is 2.37. The maximum Gasteiger partial charge on any atom is 0.233 e. The number of hydrogen-bond acceptors (Lipinski definition) is 2. The number of allylic oxidation sites excluding steroid dienone is 2. The van der Waals surface area contributed by atoms with Crippen LogP contribution in [-0.2, 0) is 9.59 Å². The Kier molecular flexibility index (Phi) is 1.91. The normalized spacial score (nSPS) is 33.4. The highest BCUT2D eigenvalue weighted by atomic mass is 35.5. The summed E-state index contributed by atoms with van der Waals surface area (Å²) in [5.74, 6) is -0.494. The van der Waals surface area contributed by atoms with Gasteiger partial charge < -0.3 is 0 Å². The van der Waals surface area contributed by atoms with E-state index in [0.29, 0.717) is 17.9 Å². The predicted octanol–water partition coefficient (Wildman–Crippen LogP) is 1.13. The molecule has 2 rings (SSSR count). The summed E-state index contributed by atoms with van der Waals surface area (Å²) in [5.41, 5.74) is 0. The van der Waals surface area contributed by atoms with E-state index in [1.165, 1.54) is 11.9 Å². The Morgan fingerprint density at radius 1 is 1.38 bits per heavy atom. The molecule has 70 valence electrons. The van der Waals surface area contributed by atoms with Crippen molar-refractivity contribution < 1.29 is 9.59 Å². The van der Waals surface area contributed by atoms with Crippen molar-refractivity contribution in [1.29, 1.82) is 0 Å². The third kappa shape index (κ3) is 1.18. The van der Waals surface area contributed by atoms with Crippen LogP contribution in [0.4, 0.5) is 0 Å². The molecule has 0 N–H and O–H groups in total. The predicted molar refractivity (Wildman–Crippen MR) is 47.9 cm³/mol. The van der Waals surface area contributed by atoms with Gasteiger partial charge in [0.05, 0.1) is 11.8 Å². The van der Waals surface area contributed by atoms with Crippen molar-refractivity contribution in [2.75, 3.05) is 7.05 Å². The number of likely N-dealkylation sites (tertiary alicyclic amines) is 1. The minimum Gasteiger partial charge on any atom is -0.285 e. The molecule has 0 aromatic rings. The minimum absolute atomic E-state index is 0.0598. The van der Waals surface area contributed by atoms with Gasteiger partial charge in [-0.3, -0.25) is 14.5 Å². The van der Waals surface area contributed by atoms with Gasteiger partial charge in [-0.2, -0.15) is 0 Å². The summed E-state index contributed by atoms with van der Waals surface area (Å²) in [7, 11) is 1.54. The quantitative estimate of drug-likeness (QED) is 0.549. The van der Waals surface area contributed by atoms with Gasteiger partial charge in [0.25, 0.3) is 0 Å². The number of amides is 2. The highest BCUT2D eigenvalue weighted by Gasteiger charge is 2.46. The van der Waals surface area contributed by atoms with Gasteiger partial charge in [-0.15, -0.1) is 0 Å². The van der Waals surface area contributed by atoms with E-state index in [1.54, 1.807) is 0 Å². The molecule has 1 aliphatic carbocycles. The molecule has 0 radical (unpaired) electrons. The zero-order valence-electron chi connectivity index (χ0n) is 7.29. The molecule has 0 aromatic heterocycles. The van der Waals surface area contributed by atoms with Gasteiger partial charge in [0.15, 0.2) is 0 Å². The first kappa shape index (κ1) is 8.75. The number of rotatable bonds is 0. The van der Waals surface area contributed by atoms with Gasteiger partial charge in [-0.1, -0.05) is 17.7 Å². The molecule has 13 heavy (non-hydrogen) atoms. The van der Waals surface area contributed by atoms with Crippen molar-refractivity contribution in [2.45, 2.75) is 12.8 Å². The van der Waals surface area contributed by atoms with Gasteiger partial charge in [0.2, 0.25) is 11.8 Å². The van der Waals surface area contributed by atoms with Crippen LogP contribution in [0.2, 0.25) is 0 Å². The lowest BCUT2D eigenvalue weighted by molar-refractivity contribution is -0.138. The first-order valence-electron chi connectivity index (χ1n) is 4.27. The lowest BCUT2D eigenvalue weighted by Crippen LogP contribution is -2.26. The van der Waals surface area contributed by atoms with Crippen LogP contribution < -0.4 is 0 Å². The molecular formula is C9H10ClNO2. The second-order valence-electron chi connectivity index (χ2n) is 3.54. The summed E-state index contributed by atoms with van der Waals surface area (Å²) in [5, 5.41) is 0.706. The molecule has 1 saturated heterocycles. The van der Waals surface area contributed by atoms with E-state index in [1.807, 2.05) is 6.08 Å². The fraction of sp³-hybridized carbons (Fsp3) is 0.556. The third-order valence-electron chi connectivity index (χ3n) is 2.79. The monoisotopic (exact) mass is 199 g/mol. The van der Waals surface area contributed by atoms with E-state index in [-0.39, 0.29) is 23.7 Å². The number of imide groups is 1. The van der Waals surface area contributed by atoms with Crippen molar-refractivity contribution in [1.82, 2.24) is 4.90 Å². The molecule has 4 heteroatoms. The lowest BCUT2D eigenvalue weighted by Gasteiger charge is -2.17. The molecule has 0 saturated carbocycles. The molecule has 2 amide bonds. The Morgan fingerprint density at radius 2 is 2.00 bits per heavy atom. The summed E-state index contributed by atoms with van der Waals surface area (Å²) in [6.45, 7) is 0. The molecule has 1 aliphatic heterocycles. The smallest absolute Gasteiger partial charge is 0.233 e. The van der Waals surface area contributed by atoms with Gasteiger partial charge in [-0.05, 0) is 12.8 Å². The second kappa shape index (κ2) is 2.84. The molecule has 0 bridgehead atoms. The summed E-state index contributed by atoms with van der Waals surface area (Å²) < 4.78 is 0. The van der Waals surface area contributed by atoms with E-state index in [0.717, 1.165) is 0 Å². The zero-order chi connectivity index (χ0) is 9.59. The largest absolute Gasteiger partial charge is 0.285 e. The van der Waals surface area contributed by atoms with Crippen LogP contribution in [0.3, 0.4) is 0 Å². The van der Waals surface area contributed by atoms with Crippen LogP contribution in [0.5, 0.6) is 0 Å². The van der Waals surface area contributed by atoms with Crippen molar-refractivity contribution in [2.24, 2.45) is 11.8 Å². The number of halogens is 1. The molecule has 0 spiro atoms. The molecule has 2 aliphatic rings. The zero-order valence-corrected chi connectivity index (χ0v) is 8.04. The first-order chi connectivity index (χ1) is 6.11. The number of nitrogens with zero attached hydrogens (tertiary/aromatic N) is 1. The second-order valence-corrected chi connectivity index (χ2v) is 4.02. The molecule has 1 heterocycles. The van der Waals surface area contributed by atoms with Crippen LogP contribution in [-0.4, -0.2) is 23.8 Å². The molecule has 3 nitrogen and oxygen atoms in total. The van der Waals surface area contributed by atoms with E-state index in [4.69, 9.17) is 11.6 Å². The highest BCUT2D eigenvalue weighted by molar-refractivity contribution is 6.30. The Hall–Kier alpha value is -0.830. The molecule has 2 atom stereocenters. The van der Waals surface area contributed by atoms with Crippen LogP contribution in [0, 0.1) is 11.8 Å². The Morgan fingerprint density at radius 3 is 2.69 bits per heavy atom. The summed E-state index contributed by atoms with van der Waals surface area (Å²) in [6, 6.07) is 0. The maximum atomic E-state index is 11.5. The SMILES string of the molecule is CN1C(=O)[C@@H]2CC=C(Cl)C[C@H]2C1=O. The number of carbonyl (C=O) groups is 2. The Bertz CT molecular complexity index is 311. The Labute approximate surface area is 81.3 Å². The fourth-order valence-electron chi connectivity index (χ4n) is 1.99. The van der Waals surface area contributed by atoms with Crippen molar-refractivity contribution in [3.63, 3.8) is 0 Å². The average Bonchev–Trinajstić information content (AvgIpc) is 2.32. The van der Waals surface area contributed by atoms with Gasteiger partial charge >= 0.3 is 0 Å². The summed E-state index contributed by atoms with van der Waals surface area (Å²) in [6.07, 6.45) is 2.98. The van der Waals surface area contributed by atoms with Crippen molar-refractivity contribution in [3.8, 4) is 0 Å². The van der Waals surface area contributed by atoms with Crippen molar-refractivity contribution >= 4 is 23.4 Å². The topological polar surface area (TPSA) is 37.4 Å². The molecule has 0 unspecified atom stereocenters. The molecule has 0 aromatic carbocycles. The van der Waals surface area contributed by atoms with Gasteiger partial charge in [0, 0.05) is 12.1 Å². The number of carbonyl (C=O) groups excluding carboxylic acids is 2. The van der Waals surface area contributed by atoms with Gasteiger partial charge in [0.1, 0.15) is 0 Å². The fourth-order valence-corrected chi connectivity index (χ4v) is 2.25. The minimum atomic E-state index is -0.199. The first-order valence-corrected chi connectivity index (χ1v) is 4.65. The van der Waals surface area contributed by atoms with Crippen LogP contribution in [0.15, 0.2) is 11.1 Å². The van der Waals surface area contributed by atoms with E-state index < -0.39 is 0 Å². The van der Waals surface area contributed by atoms with Crippen LogP contribution in [0.25, 0.3) is 0 Å². The van der Waals surface area contributed by atoms with E-state index in [9.17, 15) is 9.59 Å². The average molecular weight is 200 g/mol. The van der Waals surface area contributed by atoms with Crippen LogP contribution in [0.1, 0.15) is 12.8 Å². The summed E-state index contributed by atoms with van der Waals surface area (Å²) in [4.78, 5) is 24.2. The van der Waals surface area contributed by atoms with E-state index in [2.05, 4.69) is 0 Å². The number of fused-ring (bicyclic) bond motifs is 1. The van der Waals surface area contributed by atoms with Crippen LogP contribution >= 0.6 is 11.6 Å². The maximum absolute atomic E-state index is 11.5. The third-order valence-corrected chi connectivity index (χ3v) is 3.10. The van der Waals surface area contributed by atoms with E-state index >= 15 is 0 Å². The van der Waals surface area contributed by atoms with Gasteiger partial charge in [-0.25, -0.2) is 0 Å². The summed E-state index contributed by atoms with van der Waals surface area (Å²) >= 11 is 5.82.